The van der Waals surface area contributed by atoms with E-state index in [2.05, 4.69) is 196 Å². The van der Waals surface area contributed by atoms with Crippen molar-refractivity contribution in [1.82, 2.24) is 0 Å². The average Bonchev–Trinajstić information content (AvgIpc) is 3.44. The van der Waals surface area contributed by atoms with Crippen LogP contribution in [-0.2, 0) is 5.41 Å². The van der Waals surface area contributed by atoms with Gasteiger partial charge in [0, 0.05) is 5.41 Å². The molecule has 1 aliphatic carbocycles. The lowest BCUT2D eigenvalue weighted by Crippen LogP contribution is -2.14. The Labute approximate surface area is 324 Å². The Morgan fingerprint density at radius 2 is 0.800 bits per heavy atom. The van der Waals surface area contributed by atoms with Crippen molar-refractivity contribution >= 4 is 63.9 Å². The number of fused-ring (bicyclic) bond motifs is 5. The molecule has 10 aromatic carbocycles. The first-order chi connectivity index (χ1) is 26.6. The molecular formula is C54H42S. The summed E-state index contributed by atoms with van der Waals surface area (Å²) >= 11 is 0. The predicted octanol–water partition coefficient (Wildman–Crippen LogP) is 15.3. The fraction of sp³-hybridized carbons (Fsp3) is 0.111. The van der Waals surface area contributed by atoms with Crippen LogP contribution in [-0.4, -0.2) is 18.8 Å². The molecule has 0 spiro atoms. The Morgan fingerprint density at radius 3 is 1.40 bits per heavy atom. The van der Waals surface area contributed by atoms with Gasteiger partial charge >= 0.3 is 0 Å². The van der Waals surface area contributed by atoms with Gasteiger partial charge in [-0.2, -0.15) is 0 Å². The van der Waals surface area contributed by atoms with Gasteiger partial charge in [-0.1, -0.05) is 147 Å². The molecule has 0 heterocycles. The molecule has 0 fully saturated rings. The van der Waals surface area contributed by atoms with E-state index in [1.54, 1.807) is 0 Å². The quantitative estimate of drug-likeness (QED) is 0.159. The molecule has 0 unspecified atom stereocenters. The molecular weight excluding hydrogens is 681 g/mol. The molecule has 264 valence electrons. The largest absolute Gasteiger partial charge is 0.223 e. The van der Waals surface area contributed by atoms with Crippen LogP contribution in [0.1, 0.15) is 25.0 Å². The van der Waals surface area contributed by atoms with Crippen LogP contribution >= 0.6 is 10.0 Å². The highest BCUT2D eigenvalue weighted by molar-refractivity contribution is 8.32. The van der Waals surface area contributed by atoms with E-state index in [4.69, 9.17) is 0 Å². The summed E-state index contributed by atoms with van der Waals surface area (Å²) in [6, 6.07) is 62.4. The maximum Gasteiger partial charge on any atom is 0.0159 e. The normalized spacial score (nSPS) is 14.0. The minimum absolute atomic E-state index is 0.0773. The first kappa shape index (κ1) is 32.5. The lowest BCUT2D eigenvalue weighted by molar-refractivity contribution is 0.660. The Kier molecular flexibility index (Phi) is 6.84. The van der Waals surface area contributed by atoms with Crippen molar-refractivity contribution in [2.75, 3.05) is 18.8 Å². The topological polar surface area (TPSA) is 0 Å². The SMILES string of the molecule is CC1(C)c2ccccc2-c2ccc(-c3cc(-c4ccc5ccccc5c4)c4ccc5c(S(C)(C)C)cc(-c6ccc7ccccc7c6)c6ccc3c4c65)cc21. The highest BCUT2D eigenvalue weighted by atomic mass is 32.3. The van der Waals surface area contributed by atoms with Crippen LogP contribution in [0, 0.1) is 0 Å². The minimum Gasteiger partial charge on any atom is -0.223 e. The smallest absolute Gasteiger partial charge is 0.0159 e. The third kappa shape index (κ3) is 4.79. The molecule has 0 radical (unpaired) electrons. The van der Waals surface area contributed by atoms with Crippen LogP contribution < -0.4 is 0 Å². The van der Waals surface area contributed by atoms with Crippen LogP contribution in [0.25, 0.3) is 98.4 Å². The molecule has 1 heteroatoms. The van der Waals surface area contributed by atoms with Crippen LogP contribution in [0.2, 0.25) is 0 Å². The highest BCUT2D eigenvalue weighted by Crippen LogP contribution is 2.55. The molecule has 0 atom stereocenters. The molecule has 0 saturated heterocycles. The molecule has 11 rings (SSSR count). The fourth-order valence-electron chi connectivity index (χ4n) is 9.77. The van der Waals surface area contributed by atoms with E-state index < -0.39 is 10.0 Å². The van der Waals surface area contributed by atoms with Crippen molar-refractivity contribution < 1.29 is 0 Å². The molecule has 0 aromatic heterocycles. The first-order valence-electron chi connectivity index (χ1n) is 19.4. The molecule has 0 aliphatic heterocycles. The molecule has 0 N–H and O–H groups in total. The van der Waals surface area contributed by atoms with Crippen molar-refractivity contribution in [3.05, 3.63) is 175 Å². The maximum atomic E-state index is 2.52. The summed E-state index contributed by atoms with van der Waals surface area (Å²) in [6.45, 7) is 4.77. The lowest BCUT2D eigenvalue weighted by Gasteiger charge is -2.30. The summed E-state index contributed by atoms with van der Waals surface area (Å²) in [5.41, 5.74) is 13.2. The highest BCUT2D eigenvalue weighted by Gasteiger charge is 2.35. The van der Waals surface area contributed by atoms with Gasteiger partial charge in [0.1, 0.15) is 0 Å². The third-order valence-electron chi connectivity index (χ3n) is 12.5. The van der Waals surface area contributed by atoms with E-state index in [0.29, 0.717) is 0 Å². The second kappa shape index (κ2) is 11.6. The standard InChI is InChI=1S/C54H42S/c1-54(2)49-17-11-10-16-40(49)41-23-22-39(30-50(41)54)47-31-46(37-20-18-33-12-6-8-14-35(33)28-37)43-26-27-45-51(55(3,4)5)32-48(44-25-24-42(47)52(43)53(44)45)38-21-19-34-13-7-9-15-36(34)29-38/h6-32H,1-5H3. The zero-order chi connectivity index (χ0) is 37.2. The molecule has 1 aliphatic rings. The van der Waals surface area contributed by atoms with Crippen molar-refractivity contribution in [2.45, 2.75) is 24.2 Å². The van der Waals surface area contributed by atoms with Crippen LogP contribution in [0.15, 0.2) is 169 Å². The second-order valence-electron chi connectivity index (χ2n) is 16.9. The zero-order valence-electron chi connectivity index (χ0n) is 32.0. The van der Waals surface area contributed by atoms with E-state index in [1.807, 2.05) is 0 Å². The molecule has 55 heavy (non-hydrogen) atoms. The summed E-state index contributed by atoms with van der Waals surface area (Å²) in [7, 11) is -1.10. The van der Waals surface area contributed by atoms with Gasteiger partial charge < -0.3 is 0 Å². The Hall–Kier alpha value is -5.89. The molecule has 0 amide bonds. The third-order valence-corrected chi connectivity index (χ3v) is 14.2. The van der Waals surface area contributed by atoms with Crippen LogP contribution in [0.5, 0.6) is 0 Å². The average molecular weight is 723 g/mol. The molecule has 10 aromatic rings. The van der Waals surface area contributed by atoms with Gasteiger partial charge in [0.25, 0.3) is 0 Å². The van der Waals surface area contributed by atoms with Crippen molar-refractivity contribution in [1.29, 1.82) is 0 Å². The summed E-state index contributed by atoms with van der Waals surface area (Å²) in [5.74, 6) is 0. The van der Waals surface area contributed by atoms with E-state index >= 15 is 0 Å². The van der Waals surface area contributed by atoms with E-state index in [1.165, 1.54) is 114 Å². The van der Waals surface area contributed by atoms with E-state index in [0.717, 1.165) is 0 Å². The Balaban J connectivity index is 1.26. The summed E-state index contributed by atoms with van der Waals surface area (Å²) < 4.78 is 0. The second-order valence-corrected chi connectivity index (χ2v) is 21.0. The van der Waals surface area contributed by atoms with Crippen molar-refractivity contribution in [2.24, 2.45) is 0 Å². The Bertz CT molecular complexity index is 3210. The van der Waals surface area contributed by atoms with Gasteiger partial charge in [0.2, 0.25) is 0 Å². The minimum atomic E-state index is -1.10. The predicted molar refractivity (Wildman–Crippen MR) is 243 cm³/mol. The van der Waals surface area contributed by atoms with E-state index in [-0.39, 0.29) is 5.41 Å². The van der Waals surface area contributed by atoms with Gasteiger partial charge in [-0.05, 0) is 163 Å². The number of benzene rings is 10. The van der Waals surface area contributed by atoms with Crippen LogP contribution in [0.3, 0.4) is 0 Å². The van der Waals surface area contributed by atoms with Gasteiger partial charge in [-0.15, -0.1) is 0 Å². The van der Waals surface area contributed by atoms with Gasteiger partial charge in [-0.25, -0.2) is 10.0 Å². The van der Waals surface area contributed by atoms with E-state index in [9.17, 15) is 0 Å². The molecule has 0 nitrogen and oxygen atoms in total. The summed E-state index contributed by atoms with van der Waals surface area (Å²) in [6.07, 6.45) is 7.33. The lowest BCUT2D eigenvalue weighted by atomic mass is 9.80. The van der Waals surface area contributed by atoms with Crippen molar-refractivity contribution in [3.63, 3.8) is 0 Å². The number of hydrogen-bond acceptors (Lipinski definition) is 0. The molecule has 0 saturated carbocycles. The Morgan fingerprint density at radius 1 is 0.345 bits per heavy atom. The van der Waals surface area contributed by atoms with Crippen LogP contribution in [0.4, 0.5) is 0 Å². The first-order valence-corrected chi connectivity index (χ1v) is 22.2. The molecule has 0 bridgehead atoms. The van der Waals surface area contributed by atoms with Gasteiger partial charge in [0.15, 0.2) is 0 Å². The number of hydrogen-bond donors (Lipinski definition) is 0. The van der Waals surface area contributed by atoms with Gasteiger partial charge in [0.05, 0.1) is 0 Å². The summed E-state index contributed by atoms with van der Waals surface area (Å²) in [4.78, 5) is 1.47. The zero-order valence-corrected chi connectivity index (χ0v) is 32.8. The maximum absolute atomic E-state index is 2.52. The fourth-order valence-corrected chi connectivity index (χ4v) is 11.1. The monoisotopic (exact) mass is 722 g/mol. The summed E-state index contributed by atoms with van der Waals surface area (Å²) in [5, 5.41) is 13.2. The number of rotatable bonds is 4. The van der Waals surface area contributed by atoms with Crippen molar-refractivity contribution in [3.8, 4) is 44.5 Å². The van der Waals surface area contributed by atoms with Gasteiger partial charge in [-0.3, -0.25) is 0 Å².